The molecule has 1 aromatic carbocycles. The molecule has 0 aromatic heterocycles. The van der Waals surface area contributed by atoms with E-state index in [1.807, 2.05) is 57.4 Å². The number of hydrogen-bond donors (Lipinski definition) is 0. The van der Waals surface area contributed by atoms with Crippen molar-refractivity contribution in [3.8, 4) is 0 Å². The summed E-state index contributed by atoms with van der Waals surface area (Å²) in [5.41, 5.74) is -0.929. The summed E-state index contributed by atoms with van der Waals surface area (Å²) >= 11 is 4.51. The molecule has 0 fully saturated rings. The molecule has 21 heavy (non-hydrogen) atoms. The summed E-state index contributed by atoms with van der Waals surface area (Å²) in [5.74, 6) is 0. The Morgan fingerprint density at radius 2 is 1.67 bits per heavy atom. The summed E-state index contributed by atoms with van der Waals surface area (Å²) < 4.78 is 12.0. The van der Waals surface area contributed by atoms with Crippen LogP contribution in [-0.2, 0) is 20.9 Å². The predicted octanol–water partition coefficient (Wildman–Crippen LogP) is 5.99. The van der Waals surface area contributed by atoms with Crippen LogP contribution in [0.2, 0.25) is 0 Å². The Kier molecular flexibility index (Phi) is 7.12. The van der Waals surface area contributed by atoms with Crippen LogP contribution in [-0.4, -0.2) is 23.4 Å². The summed E-state index contributed by atoms with van der Waals surface area (Å²) in [6.45, 7) is 10.3. The normalized spacial score (nSPS) is 18.5. The van der Waals surface area contributed by atoms with E-state index in [-0.39, 0.29) is 12.2 Å². The Balaban J connectivity index is 2.07. The molecular formula is C13H20AsO2PS4. The van der Waals surface area contributed by atoms with Crippen LogP contribution in [0, 0.1) is 6.92 Å². The zero-order chi connectivity index (χ0) is 15.6. The fourth-order valence-corrected chi connectivity index (χ4v) is 42.1. The van der Waals surface area contributed by atoms with Crippen LogP contribution in [0.1, 0.15) is 33.3 Å². The van der Waals surface area contributed by atoms with E-state index in [4.69, 9.17) is 20.9 Å². The molecule has 0 N–H and O–H groups in total. The number of hydrogen-bond acceptors (Lipinski definition) is 6. The van der Waals surface area contributed by atoms with Gasteiger partial charge in [0.2, 0.25) is 0 Å². The average Bonchev–Trinajstić information content (AvgIpc) is 2.66. The van der Waals surface area contributed by atoms with E-state index in [1.165, 1.54) is 15.4 Å². The molecule has 1 aromatic rings. The zero-order valence-corrected chi connectivity index (χ0v) is 18.8. The zero-order valence-electron chi connectivity index (χ0n) is 12.7. The van der Waals surface area contributed by atoms with Crippen molar-refractivity contribution in [2.45, 2.75) is 56.6 Å². The van der Waals surface area contributed by atoms with Gasteiger partial charge in [-0.15, -0.1) is 0 Å². The molecule has 1 heterocycles. The van der Waals surface area contributed by atoms with Gasteiger partial charge in [0.05, 0.1) is 0 Å². The van der Waals surface area contributed by atoms with E-state index < -0.39 is 16.9 Å². The van der Waals surface area contributed by atoms with Gasteiger partial charge in [-0.25, -0.2) is 0 Å². The van der Waals surface area contributed by atoms with Crippen molar-refractivity contribution in [2.24, 2.45) is 0 Å². The van der Waals surface area contributed by atoms with Crippen molar-refractivity contribution < 1.29 is 9.05 Å². The van der Waals surface area contributed by atoms with Gasteiger partial charge in [-0.3, -0.25) is 0 Å². The van der Waals surface area contributed by atoms with E-state index >= 15 is 0 Å². The Morgan fingerprint density at radius 3 is 2.24 bits per heavy atom. The van der Waals surface area contributed by atoms with Crippen LogP contribution in [0.5, 0.6) is 0 Å². The third kappa shape index (κ3) is 5.76. The van der Waals surface area contributed by atoms with Gasteiger partial charge in [0.15, 0.2) is 0 Å². The monoisotopic (exact) mass is 442 g/mol. The summed E-state index contributed by atoms with van der Waals surface area (Å²) in [6.07, 6.45) is 0.219. The second-order valence-corrected chi connectivity index (χ2v) is 27.6. The molecule has 0 aliphatic carbocycles. The summed E-state index contributed by atoms with van der Waals surface area (Å²) in [6, 6.07) is 6.69. The molecule has 0 radical (unpaired) electrons. The summed E-state index contributed by atoms with van der Waals surface area (Å²) in [7, 11) is 5.83. The second kappa shape index (κ2) is 7.98. The van der Waals surface area contributed by atoms with Crippen molar-refractivity contribution >= 4 is 58.4 Å². The Labute approximate surface area is 147 Å². The molecular weight excluding hydrogens is 422 g/mol. The molecule has 0 amide bonds. The Morgan fingerprint density at radius 1 is 1.10 bits per heavy atom. The van der Waals surface area contributed by atoms with Gasteiger partial charge in [0, 0.05) is 0 Å². The van der Waals surface area contributed by atoms with Gasteiger partial charge in [-0.1, -0.05) is 0 Å². The minimum atomic E-state index is -2.25. The number of aryl methyl sites for hydroxylation is 1. The van der Waals surface area contributed by atoms with Crippen molar-refractivity contribution in [3.63, 3.8) is 0 Å². The number of rotatable bonds is 6. The van der Waals surface area contributed by atoms with E-state index in [1.54, 1.807) is 0 Å². The Bertz CT molecular complexity index is 539. The first kappa shape index (κ1) is 18.7. The summed E-state index contributed by atoms with van der Waals surface area (Å²) in [4.78, 5) is 2.80. The first-order valence-electron chi connectivity index (χ1n) is 6.71. The molecule has 0 saturated carbocycles. The second-order valence-electron chi connectivity index (χ2n) is 5.19. The molecule has 1 unspecified atom stereocenters. The van der Waals surface area contributed by atoms with Gasteiger partial charge < -0.3 is 0 Å². The quantitative estimate of drug-likeness (QED) is 0.395. The van der Waals surface area contributed by atoms with Crippen LogP contribution >= 0.6 is 35.4 Å². The van der Waals surface area contributed by atoms with Crippen LogP contribution < -0.4 is 0 Å². The fraction of sp³-hybridized carbons (Fsp3) is 0.538. The molecule has 118 valence electrons. The maximum atomic E-state index is 6.01. The van der Waals surface area contributed by atoms with E-state index in [9.17, 15) is 0 Å². The van der Waals surface area contributed by atoms with Gasteiger partial charge in [0.25, 0.3) is 0 Å². The standard InChI is InChI=1S/C13H20AsO2PS4/c1-9(2)15-17(18,16-10(3)4)21-14-19-12-7-6-11(5)8-13(12)20-14/h6-10H,1-5H3. The van der Waals surface area contributed by atoms with Gasteiger partial charge >= 0.3 is 148 Å². The minimum absolute atomic E-state index is 0.110. The first-order valence-corrected chi connectivity index (χ1v) is 19.2. The number of fused-ring (bicyclic) bond motifs is 1. The van der Waals surface area contributed by atoms with Gasteiger partial charge in [-0.05, 0) is 0 Å². The van der Waals surface area contributed by atoms with E-state index in [0.29, 0.717) is 0 Å². The third-order valence-corrected chi connectivity index (χ3v) is 32.2. The molecule has 0 bridgehead atoms. The average molecular weight is 442 g/mol. The van der Waals surface area contributed by atoms with Crippen LogP contribution in [0.25, 0.3) is 0 Å². The maximum absolute atomic E-state index is 6.01. The molecule has 0 saturated heterocycles. The fourth-order valence-electron chi connectivity index (χ4n) is 1.64. The molecule has 1 aliphatic heterocycles. The SMILES string of the molecule is Cc1ccc2c(c1)S[As](SP(=S)(OC(C)C)OC(C)C)S2. The van der Waals surface area contributed by atoms with E-state index in [2.05, 4.69) is 25.1 Å². The first-order chi connectivity index (χ1) is 9.77. The van der Waals surface area contributed by atoms with E-state index in [0.717, 1.165) is 0 Å². The van der Waals surface area contributed by atoms with Gasteiger partial charge in [0.1, 0.15) is 0 Å². The van der Waals surface area contributed by atoms with Crippen LogP contribution in [0.3, 0.4) is 0 Å². The van der Waals surface area contributed by atoms with Gasteiger partial charge in [-0.2, -0.15) is 0 Å². The van der Waals surface area contributed by atoms with Crippen molar-refractivity contribution in [1.82, 2.24) is 0 Å². The molecule has 1 aliphatic rings. The molecule has 8 heteroatoms. The summed E-state index contributed by atoms with van der Waals surface area (Å²) in [5, 5.41) is 0. The topological polar surface area (TPSA) is 18.5 Å². The molecule has 0 spiro atoms. The number of benzene rings is 1. The molecule has 2 rings (SSSR count). The Hall–Kier alpha value is 1.40. The van der Waals surface area contributed by atoms with Crippen LogP contribution in [0.15, 0.2) is 28.0 Å². The van der Waals surface area contributed by atoms with Crippen molar-refractivity contribution in [3.05, 3.63) is 23.8 Å². The van der Waals surface area contributed by atoms with Crippen LogP contribution in [0.4, 0.5) is 0 Å². The van der Waals surface area contributed by atoms with Crippen molar-refractivity contribution in [1.29, 1.82) is 0 Å². The molecule has 1 atom stereocenters. The molecule has 2 nitrogen and oxygen atoms in total. The third-order valence-electron chi connectivity index (χ3n) is 2.29. The van der Waals surface area contributed by atoms with Crippen molar-refractivity contribution in [2.75, 3.05) is 0 Å². The predicted molar refractivity (Wildman–Crippen MR) is 103 cm³/mol.